The number of thiophene rings is 1. The summed E-state index contributed by atoms with van der Waals surface area (Å²) in [6.45, 7) is 0. The molecule has 0 aliphatic carbocycles. The van der Waals surface area contributed by atoms with Gasteiger partial charge in [-0.05, 0) is 88.0 Å². The molecule has 0 unspecified atom stereocenters. The first-order valence-electron chi connectivity index (χ1n) is 14.9. The molecule has 1 aromatic heterocycles. The van der Waals surface area contributed by atoms with Gasteiger partial charge in [0.25, 0.3) is 0 Å². The highest BCUT2D eigenvalue weighted by Crippen LogP contribution is 2.39. The van der Waals surface area contributed by atoms with Crippen molar-refractivity contribution in [3.05, 3.63) is 176 Å². The summed E-state index contributed by atoms with van der Waals surface area (Å²) in [5, 5.41) is 2.67. The highest BCUT2D eigenvalue weighted by molar-refractivity contribution is 7.25. The number of hydrogen-bond acceptors (Lipinski definition) is 2. The van der Waals surface area contributed by atoms with Gasteiger partial charge in [0.1, 0.15) is 0 Å². The minimum atomic E-state index is 1.12. The molecule has 44 heavy (non-hydrogen) atoms. The number of nitrogens with zero attached hydrogens (tertiary/aromatic N) is 1. The predicted molar refractivity (Wildman–Crippen MR) is 190 cm³/mol. The van der Waals surface area contributed by atoms with E-state index in [2.05, 4.69) is 181 Å². The van der Waals surface area contributed by atoms with E-state index in [0.29, 0.717) is 0 Å². The first-order valence-corrected chi connectivity index (χ1v) is 15.7. The number of benzene rings is 7. The van der Waals surface area contributed by atoms with Crippen molar-refractivity contribution in [3.8, 4) is 33.4 Å². The van der Waals surface area contributed by atoms with Gasteiger partial charge in [-0.3, -0.25) is 0 Å². The average Bonchev–Trinajstić information content (AvgIpc) is 3.48. The van der Waals surface area contributed by atoms with E-state index in [4.69, 9.17) is 0 Å². The second-order valence-corrected chi connectivity index (χ2v) is 12.1. The Balaban J connectivity index is 1.11. The van der Waals surface area contributed by atoms with Crippen molar-refractivity contribution < 1.29 is 0 Å². The summed E-state index contributed by atoms with van der Waals surface area (Å²) in [7, 11) is 0. The summed E-state index contributed by atoms with van der Waals surface area (Å²) in [6, 6.07) is 63.3. The minimum absolute atomic E-state index is 1.12. The molecule has 1 heterocycles. The monoisotopic (exact) mass is 579 g/mol. The quantitative estimate of drug-likeness (QED) is 0.189. The van der Waals surface area contributed by atoms with Crippen LogP contribution in [-0.2, 0) is 0 Å². The van der Waals surface area contributed by atoms with Crippen LogP contribution >= 0.6 is 11.3 Å². The molecule has 0 atom stereocenters. The molecule has 8 rings (SSSR count). The second kappa shape index (κ2) is 11.3. The van der Waals surface area contributed by atoms with Gasteiger partial charge in [0.2, 0.25) is 0 Å². The van der Waals surface area contributed by atoms with Crippen LogP contribution in [0.3, 0.4) is 0 Å². The van der Waals surface area contributed by atoms with Gasteiger partial charge in [-0.1, -0.05) is 121 Å². The first kappa shape index (κ1) is 26.2. The second-order valence-electron chi connectivity index (χ2n) is 11.0. The van der Waals surface area contributed by atoms with Crippen molar-refractivity contribution in [2.75, 3.05) is 4.90 Å². The molecule has 0 bridgehead atoms. The Morgan fingerprint density at radius 3 is 1.45 bits per heavy atom. The maximum Gasteiger partial charge on any atom is 0.0462 e. The fraction of sp³-hybridized carbons (Fsp3) is 0. The molecule has 2 heteroatoms. The van der Waals surface area contributed by atoms with Crippen LogP contribution < -0.4 is 4.90 Å². The van der Waals surface area contributed by atoms with Crippen LogP contribution in [0.4, 0.5) is 17.1 Å². The molecule has 208 valence electrons. The molecule has 0 N–H and O–H groups in total. The standard InChI is InChI=1S/C42H29NS/c1-3-10-30(11-4-1)31-18-23-37(24-19-31)43(36-14-5-2-6-15-36)38-25-20-32(21-26-38)33-12-9-13-34(28-33)35-22-27-40-39-16-7-8-17-41(39)44-42(40)29-35/h1-29H. The van der Waals surface area contributed by atoms with E-state index < -0.39 is 0 Å². The average molecular weight is 580 g/mol. The van der Waals surface area contributed by atoms with Crippen molar-refractivity contribution in [2.24, 2.45) is 0 Å². The van der Waals surface area contributed by atoms with E-state index in [0.717, 1.165) is 17.1 Å². The Labute approximate surface area is 261 Å². The van der Waals surface area contributed by atoms with Crippen LogP contribution in [0.15, 0.2) is 176 Å². The lowest BCUT2D eigenvalue weighted by Gasteiger charge is -2.26. The summed E-state index contributed by atoms with van der Waals surface area (Å²) < 4.78 is 2.67. The van der Waals surface area contributed by atoms with E-state index >= 15 is 0 Å². The highest BCUT2D eigenvalue weighted by atomic mass is 32.1. The van der Waals surface area contributed by atoms with E-state index in [1.165, 1.54) is 53.6 Å². The summed E-state index contributed by atoms with van der Waals surface area (Å²) in [5.41, 5.74) is 10.7. The topological polar surface area (TPSA) is 3.24 Å². The van der Waals surface area contributed by atoms with Crippen LogP contribution in [0.1, 0.15) is 0 Å². The Kier molecular flexibility index (Phi) is 6.75. The lowest BCUT2D eigenvalue weighted by atomic mass is 9.98. The lowest BCUT2D eigenvalue weighted by molar-refractivity contribution is 1.28. The fourth-order valence-electron chi connectivity index (χ4n) is 6.04. The summed E-state index contributed by atoms with van der Waals surface area (Å²) in [5.74, 6) is 0. The van der Waals surface area contributed by atoms with Gasteiger partial charge in [-0.2, -0.15) is 0 Å². The molecule has 0 amide bonds. The fourth-order valence-corrected chi connectivity index (χ4v) is 7.19. The molecule has 1 nitrogen and oxygen atoms in total. The SMILES string of the molecule is c1ccc(-c2ccc(N(c3ccccc3)c3ccc(-c4cccc(-c5ccc6c(c5)sc5ccccc56)c4)cc3)cc2)cc1. The lowest BCUT2D eigenvalue weighted by Crippen LogP contribution is -2.09. The van der Waals surface area contributed by atoms with E-state index in [1.807, 2.05) is 11.3 Å². The van der Waals surface area contributed by atoms with E-state index in [9.17, 15) is 0 Å². The van der Waals surface area contributed by atoms with Gasteiger partial charge in [-0.25, -0.2) is 0 Å². The summed E-state index contributed by atoms with van der Waals surface area (Å²) in [6.07, 6.45) is 0. The van der Waals surface area contributed by atoms with Gasteiger partial charge < -0.3 is 4.90 Å². The van der Waals surface area contributed by atoms with Crippen molar-refractivity contribution >= 4 is 48.6 Å². The highest BCUT2D eigenvalue weighted by Gasteiger charge is 2.13. The zero-order valence-corrected chi connectivity index (χ0v) is 24.9. The predicted octanol–water partition coefficient (Wildman–Crippen LogP) is 12.5. The van der Waals surface area contributed by atoms with Gasteiger partial charge in [0, 0.05) is 37.2 Å². The third-order valence-corrected chi connectivity index (χ3v) is 9.41. The zero-order chi connectivity index (χ0) is 29.3. The molecular formula is C42H29NS. The Morgan fingerprint density at radius 2 is 0.750 bits per heavy atom. The van der Waals surface area contributed by atoms with Crippen LogP contribution in [0.5, 0.6) is 0 Å². The molecule has 0 aliphatic rings. The molecule has 0 aliphatic heterocycles. The first-order chi connectivity index (χ1) is 21.8. The van der Waals surface area contributed by atoms with Gasteiger partial charge in [0.15, 0.2) is 0 Å². The molecule has 0 saturated carbocycles. The number of para-hydroxylation sites is 1. The van der Waals surface area contributed by atoms with Crippen LogP contribution in [0.2, 0.25) is 0 Å². The Hall–Kier alpha value is -5.44. The van der Waals surface area contributed by atoms with E-state index in [-0.39, 0.29) is 0 Å². The van der Waals surface area contributed by atoms with Crippen molar-refractivity contribution in [1.82, 2.24) is 0 Å². The number of anilines is 3. The molecule has 0 saturated heterocycles. The molecule has 8 aromatic rings. The van der Waals surface area contributed by atoms with E-state index in [1.54, 1.807) is 0 Å². The largest absolute Gasteiger partial charge is 0.311 e. The zero-order valence-electron chi connectivity index (χ0n) is 24.1. The van der Waals surface area contributed by atoms with Gasteiger partial charge >= 0.3 is 0 Å². The van der Waals surface area contributed by atoms with Crippen LogP contribution in [0.25, 0.3) is 53.6 Å². The maximum atomic E-state index is 2.34. The maximum absolute atomic E-state index is 2.34. The van der Waals surface area contributed by atoms with Gasteiger partial charge in [0.05, 0.1) is 0 Å². The third kappa shape index (κ3) is 4.96. The smallest absolute Gasteiger partial charge is 0.0462 e. The Bertz CT molecular complexity index is 2200. The van der Waals surface area contributed by atoms with Crippen LogP contribution in [0, 0.1) is 0 Å². The number of hydrogen-bond donors (Lipinski definition) is 0. The normalized spacial score (nSPS) is 11.2. The van der Waals surface area contributed by atoms with Crippen LogP contribution in [-0.4, -0.2) is 0 Å². The number of fused-ring (bicyclic) bond motifs is 3. The van der Waals surface area contributed by atoms with Gasteiger partial charge in [-0.15, -0.1) is 11.3 Å². The summed E-state index contributed by atoms with van der Waals surface area (Å²) in [4.78, 5) is 2.31. The molecule has 0 fully saturated rings. The summed E-state index contributed by atoms with van der Waals surface area (Å²) >= 11 is 1.87. The molecular weight excluding hydrogens is 551 g/mol. The molecule has 7 aromatic carbocycles. The van der Waals surface area contributed by atoms with Crippen molar-refractivity contribution in [1.29, 1.82) is 0 Å². The van der Waals surface area contributed by atoms with Crippen molar-refractivity contribution in [3.63, 3.8) is 0 Å². The molecule has 0 radical (unpaired) electrons. The Morgan fingerprint density at radius 1 is 0.295 bits per heavy atom. The number of rotatable bonds is 6. The minimum Gasteiger partial charge on any atom is -0.311 e. The van der Waals surface area contributed by atoms with Crippen molar-refractivity contribution in [2.45, 2.75) is 0 Å². The third-order valence-electron chi connectivity index (χ3n) is 8.28. The molecule has 0 spiro atoms.